The van der Waals surface area contributed by atoms with Crippen molar-refractivity contribution in [2.24, 2.45) is 5.92 Å². The molecular formula is C13H20. The van der Waals surface area contributed by atoms with Crippen LogP contribution in [0.4, 0.5) is 0 Å². The minimum Gasteiger partial charge on any atom is -0.106 e. The fraction of sp³-hybridized carbons (Fsp3) is 0.692. The first-order chi connectivity index (χ1) is 6.35. The molecule has 1 atom stereocenters. The molecule has 0 spiro atoms. The summed E-state index contributed by atoms with van der Waals surface area (Å²) in [5.41, 5.74) is 0. The molecule has 1 unspecified atom stereocenters. The molecule has 0 nitrogen and oxygen atoms in total. The van der Waals surface area contributed by atoms with Crippen molar-refractivity contribution >= 4 is 0 Å². The van der Waals surface area contributed by atoms with Gasteiger partial charge < -0.3 is 0 Å². The minimum absolute atomic E-state index is 0.571. The van der Waals surface area contributed by atoms with E-state index >= 15 is 0 Å². The molecule has 72 valence electrons. The summed E-state index contributed by atoms with van der Waals surface area (Å²) in [4.78, 5) is 0. The zero-order chi connectivity index (χ0) is 9.94. The van der Waals surface area contributed by atoms with E-state index in [0.717, 1.165) is 19.3 Å². The fourth-order valence-corrected chi connectivity index (χ4v) is 1.30. The van der Waals surface area contributed by atoms with E-state index in [-0.39, 0.29) is 0 Å². The molecule has 0 N–H and O–H groups in total. The molecule has 0 bridgehead atoms. The molecule has 0 aromatic carbocycles. The molecule has 13 heavy (non-hydrogen) atoms. The highest BCUT2D eigenvalue weighted by Gasteiger charge is 2.01. The molecule has 0 aromatic heterocycles. The van der Waals surface area contributed by atoms with Gasteiger partial charge in [-0.3, -0.25) is 0 Å². The molecule has 0 saturated heterocycles. The lowest BCUT2D eigenvalue weighted by molar-refractivity contribution is 0.563. The maximum absolute atomic E-state index is 3.24. The van der Waals surface area contributed by atoms with E-state index in [1.54, 1.807) is 0 Å². The predicted octanol–water partition coefficient (Wildman–Crippen LogP) is 3.62. The number of hydrogen-bond donors (Lipinski definition) is 0. The maximum atomic E-state index is 3.24. The minimum atomic E-state index is 0.571. The van der Waals surface area contributed by atoms with Crippen molar-refractivity contribution in [1.82, 2.24) is 0 Å². The lowest BCUT2D eigenvalue weighted by Gasteiger charge is -2.05. The van der Waals surface area contributed by atoms with Gasteiger partial charge >= 0.3 is 0 Å². The quantitative estimate of drug-likeness (QED) is 0.574. The van der Waals surface area contributed by atoms with Gasteiger partial charge in [-0.05, 0) is 19.8 Å². The van der Waals surface area contributed by atoms with Crippen molar-refractivity contribution in [2.75, 3.05) is 0 Å². The summed E-state index contributed by atoms with van der Waals surface area (Å²) >= 11 is 0. The summed E-state index contributed by atoms with van der Waals surface area (Å²) in [6.45, 7) is 6.21. The van der Waals surface area contributed by atoms with Crippen molar-refractivity contribution in [2.45, 2.75) is 52.9 Å². The van der Waals surface area contributed by atoms with Crippen LogP contribution in [0.2, 0.25) is 0 Å². The fourth-order valence-electron chi connectivity index (χ4n) is 1.30. The normalized spacial score (nSPS) is 10.7. The summed E-state index contributed by atoms with van der Waals surface area (Å²) in [5, 5.41) is 0. The molecule has 0 aliphatic heterocycles. The molecule has 0 aromatic rings. The Kier molecular flexibility index (Phi) is 8.59. The van der Waals surface area contributed by atoms with Crippen molar-refractivity contribution < 1.29 is 0 Å². The number of rotatable bonds is 4. The van der Waals surface area contributed by atoms with Gasteiger partial charge in [0.15, 0.2) is 0 Å². The summed E-state index contributed by atoms with van der Waals surface area (Å²) in [7, 11) is 0. The first-order valence-corrected chi connectivity index (χ1v) is 5.23. The van der Waals surface area contributed by atoms with Gasteiger partial charge in [0.25, 0.3) is 0 Å². The topological polar surface area (TPSA) is 0 Å². The van der Waals surface area contributed by atoms with Crippen LogP contribution in [0, 0.1) is 29.6 Å². The third-order valence-electron chi connectivity index (χ3n) is 1.91. The third kappa shape index (κ3) is 7.48. The van der Waals surface area contributed by atoms with Crippen molar-refractivity contribution in [3.8, 4) is 23.7 Å². The Balaban J connectivity index is 3.73. The van der Waals surface area contributed by atoms with E-state index in [1.807, 2.05) is 6.92 Å². The molecule has 0 heterocycles. The van der Waals surface area contributed by atoms with Gasteiger partial charge in [-0.25, -0.2) is 0 Å². The second-order valence-corrected chi connectivity index (χ2v) is 3.13. The lowest BCUT2D eigenvalue weighted by Crippen LogP contribution is -1.95. The SMILES string of the molecule is CC#CC(CCC)CCC#CCC. The molecule has 0 heteroatoms. The van der Waals surface area contributed by atoms with E-state index in [9.17, 15) is 0 Å². The van der Waals surface area contributed by atoms with E-state index in [1.165, 1.54) is 12.8 Å². The highest BCUT2D eigenvalue weighted by Crippen LogP contribution is 2.11. The van der Waals surface area contributed by atoms with E-state index < -0.39 is 0 Å². The highest BCUT2D eigenvalue weighted by atomic mass is 14.0. The van der Waals surface area contributed by atoms with Crippen LogP contribution in [0.5, 0.6) is 0 Å². The zero-order valence-corrected chi connectivity index (χ0v) is 9.11. The monoisotopic (exact) mass is 176 g/mol. The second-order valence-electron chi connectivity index (χ2n) is 3.13. The van der Waals surface area contributed by atoms with Gasteiger partial charge in [0.2, 0.25) is 0 Å². The van der Waals surface area contributed by atoms with E-state index in [2.05, 4.69) is 37.5 Å². The van der Waals surface area contributed by atoms with E-state index in [0.29, 0.717) is 5.92 Å². The molecule has 0 radical (unpaired) electrons. The Bertz CT molecular complexity index is 216. The summed E-state index contributed by atoms with van der Waals surface area (Å²) in [6, 6.07) is 0. The number of hydrogen-bond acceptors (Lipinski definition) is 0. The van der Waals surface area contributed by atoms with Crippen molar-refractivity contribution in [3.05, 3.63) is 0 Å². The maximum Gasteiger partial charge on any atom is 0.0211 e. The molecule has 0 saturated carbocycles. The molecule has 0 aliphatic carbocycles. The predicted molar refractivity (Wildman–Crippen MR) is 59.1 cm³/mol. The van der Waals surface area contributed by atoms with Crippen LogP contribution in [0.3, 0.4) is 0 Å². The Morgan fingerprint density at radius 3 is 2.38 bits per heavy atom. The average Bonchev–Trinajstić information content (AvgIpc) is 2.13. The van der Waals surface area contributed by atoms with Crippen LogP contribution in [-0.4, -0.2) is 0 Å². The molecule has 0 rings (SSSR count). The first-order valence-electron chi connectivity index (χ1n) is 5.23. The van der Waals surface area contributed by atoms with Gasteiger partial charge in [0.1, 0.15) is 0 Å². The summed E-state index contributed by atoms with van der Waals surface area (Å²) in [6.07, 6.45) is 5.56. The smallest absolute Gasteiger partial charge is 0.0211 e. The average molecular weight is 176 g/mol. The second kappa shape index (κ2) is 9.21. The Morgan fingerprint density at radius 2 is 1.85 bits per heavy atom. The van der Waals surface area contributed by atoms with Crippen LogP contribution in [0.1, 0.15) is 52.9 Å². The van der Waals surface area contributed by atoms with Gasteiger partial charge in [-0.15, -0.1) is 23.7 Å². The van der Waals surface area contributed by atoms with Gasteiger partial charge in [0.05, 0.1) is 0 Å². The molecular weight excluding hydrogens is 156 g/mol. The highest BCUT2D eigenvalue weighted by molar-refractivity contribution is 5.04. The van der Waals surface area contributed by atoms with E-state index in [4.69, 9.17) is 0 Å². The van der Waals surface area contributed by atoms with Crippen molar-refractivity contribution in [3.63, 3.8) is 0 Å². The zero-order valence-electron chi connectivity index (χ0n) is 9.11. The summed E-state index contributed by atoms with van der Waals surface area (Å²) in [5.74, 6) is 13.1. The van der Waals surface area contributed by atoms with Gasteiger partial charge in [-0.1, -0.05) is 20.3 Å². The van der Waals surface area contributed by atoms with Gasteiger partial charge in [-0.2, -0.15) is 0 Å². The van der Waals surface area contributed by atoms with Crippen LogP contribution >= 0.6 is 0 Å². The Hall–Kier alpha value is -0.880. The molecule has 0 amide bonds. The van der Waals surface area contributed by atoms with Crippen LogP contribution in [-0.2, 0) is 0 Å². The van der Waals surface area contributed by atoms with Crippen LogP contribution in [0.15, 0.2) is 0 Å². The van der Waals surface area contributed by atoms with Crippen LogP contribution < -0.4 is 0 Å². The van der Waals surface area contributed by atoms with Crippen LogP contribution in [0.25, 0.3) is 0 Å². The third-order valence-corrected chi connectivity index (χ3v) is 1.91. The lowest BCUT2D eigenvalue weighted by atomic mass is 9.99. The largest absolute Gasteiger partial charge is 0.106 e. The summed E-state index contributed by atoms with van der Waals surface area (Å²) < 4.78 is 0. The van der Waals surface area contributed by atoms with Gasteiger partial charge in [0, 0.05) is 18.8 Å². The Morgan fingerprint density at radius 1 is 1.08 bits per heavy atom. The van der Waals surface area contributed by atoms with Crippen molar-refractivity contribution in [1.29, 1.82) is 0 Å². The standard InChI is InChI=1S/C13H20/c1-4-7-8-9-12-13(10-5-2)11-6-3/h13H,4-5,9-10,12H2,1-3H3. The Labute approximate surface area is 83.1 Å². The first kappa shape index (κ1) is 12.1. The molecule has 0 fully saturated rings. The molecule has 0 aliphatic rings.